The summed E-state index contributed by atoms with van der Waals surface area (Å²) in [5.74, 6) is -0.976. The summed E-state index contributed by atoms with van der Waals surface area (Å²) >= 11 is 0. The number of halogens is 4. The summed E-state index contributed by atoms with van der Waals surface area (Å²) in [5.41, 5.74) is -1.34. The van der Waals surface area contributed by atoms with Crippen LogP contribution < -0.4 is 5.32 Å². The molecule has 1 atom stereocenters. The fraction of sp³-hybridized carbons (Fsp3) is 0.588. The van der Waals surface area contributed by atoms with Gasteiger partial charge in [-0.05, 0) is 56.1 Å². The molecule has 2 fully saturated rings. The van der Waals surface area contributed by atoms with E-state index in [2.05, 4.69) is 5.32 Å². The van der Waals surface area contributed by atoms with E-state index in [0.717, 1.165) is 12.1 Å². The Morgan fingerprint density at radius 1 is 1.24 bits per heavy atom. The Bertz CT molecular complexity index is 655. The SMILES string of the molecule is O=C1NCC(O)CC12CCN(Cc1cc(F)cc(C(F)(F)F)c1)CC2. The van der Waals surface area contributed by atoms with E-state index in [0.29, 0.717) is 38.4 Å². The first-order valence-electron chi connectivity index (χ1n) is 8.23. The van der Waals surface area contributed by atoms with Crippen LogP contribution in [-0.4, -0.2) is 41.7 Å². The molecule has 2 heterocycles. The molecule has 3 rings (SSSR count). The van der Waals surface area contributed by atoms with Gasteiger partial charge in [-0.15, -0.1) is 0 Å². The molecular weight excluding hydrogens is 340 g/mol. The van der Waals surface area contributed by atoms with E-state index in [9.17, 15) is 27.5 Å². The number of nitrogens with zero attached hydrogens (tertiary/aromatic N) is 1. The zero-order chi connectivity index (χ0) is 18.2. The molecule has 2 aliphatic rings. The number of nitrogens with one attached hydrogen (secondary N) is 1. The monoisotopic (exact) mass is 360 g/mol. The highest BCUT2D eigenvalue weighted by Crippen LogP contribution is 2.39. The third-order valence-electron chi connectivity index (χ3n) is 5.11. The van der Waals surface area contributed by atoms with Crippen molar-refractivity contribution in [2.24, 2.45) is 5.41 Å². The number of hydrogen-bond acceptors (Lipinski definition) is 3. The second kappa shape index (κ2) is 6.57. The van der Waals surface area contributed by atoms with E-state index in [1.165, 1.54) is 0 Å². The van der Waals surface area contributed by atoms with Crippen LogP contribution in [0, 0.1) is 11.2 Å². The van der Waals surface area contributed by atoms with Crippen LogP contribution >= 0.6 is 0 Å². The van der Waals surface area contributed by atoms with Crippen molar-refractivity contribution in [1.82, 2.24) is 10.2 Å². The van der Waals surface area contributed by atoms with Gasteiger partial charge in [0.2, 0.25) is 5.91 Å². The molecule has 1 aromatic rings. The van der Waals surface area contributed by atoms with Gasteiger partial charge in [-0.3, -0.25) is 9.69 Å². The van der Waals surface area contributed by atoms with Crippen LogP contribution in [0.4, 0.5) is 17.6 Å². The number of aliphatic hydroxyl groups is 1. The van der Waals surface area contributed by atoms with Gasteiger partial charge in [-0.25, -0.2) is 4.39 Å². The predicted octanol–water partition coefficient (Wildman–Crippen LogP) is 2.31. The highest BCUT2D eigenvalue weighted by molar-refractivity contribution is 5.83. The summed E-state index contributed by atoms with van der Waals surface area (Å²) in [5, 5.41) is 12.5. The van der Waals surface area contributed by atoms with Crippen molar-refractivity contribution in [2.45, 2.75) is 38.1 Å². The number of likely N-dealkylation sites (tertiary alicyclic amines) is 1. The maximum absolute atomic E-state index is 13.5. The van der Waals surface area contributed by atoms with Gasteiger partial charge >= 0.3 is 6.18 Å². The molecule has 2 saturated heterocycles. The Morgan fingerprint density at radius 2 is 1.92 bits per heavy atom. The van der Waals surface area contributed by atoms with Crippen LogP contribution in [0.25, 0.3) is 0 Å². The zero-order valence-corrected chi connectivity index (χ0v) is 13.6. The van der Waals surface area contributed by atoms with Crippen molar-refractivity contribution in [3.63, 3.8) is 0 Å². The Morgan fingerprint density at radius 3 is 2.56 bits per heavy atom. The molecule has 2 N–H and O–H groups in total. The second-order valence-corrected chi connectivity index (χ2v) is 6.97. The minimum Gasteiger partial charge on any atom is -0.391 e. The van der Waals surface area contributed by atoms with E-state index in [-0.39, 0.29) is 24.6 Å². The first-order chi connectivity index (χ1) is 11.7. The normalized spacial score (nSPS) is 24.4. The van der Waals surface area contributed by atoms with Gasteiger partial charge in [-0.2, -0.15) is 13.2 Å². The number of hydrogen-bond donors (Lipinski definition) is 2. The Hall–Kier alpha value is -1.67. The topological polar surface area (TPSA) is 52.6 Å². The van der Waals surface area contributed by atoms with Crippen molar-refractivity contribution in [1.29, 1.82) is 0 Å². The summed E-state index contributed by atoms with van der Waals surface area (Å²) in [6, 6.07) is 2.56. The number of piperidine rings is 2. The number of alkyl halides is 3. The minimum absolute atomic E-state index is 0.0671. The molecule has 0 aromatic heterocycles. The number of aliphatic hydroxyl groups excluding tert-OH is 1. The van der Waals surface area contributed by atoms with Crippen molar-refractivity contribution >= 4 is 5.91 Å². The maximum atomic E-state index is 13.5. The van der Waals surface area contributed by atoms with E-state index in [1.807, 2.05) is 4.90 Å². The van der Waals surface area contributed by atoms with Crippen LogP contribution in [0.3, 0.4) is 0 Å². The third kappa shape index (κ3) is 3.95. The lowest BCUT2D eigenvalue weighted by Crippen LogP contribution is -2.55. The first kappa shape index (κ1) is 18.1. The number of carbonyl (C=O) groups excluding carboxylic acids is 1. The van der Waals surface area contributed by atoms with E-state index in [1.54, 1.807) is 0 Å². The van der Waals surface area contributed by atoms with E-state index in [4.69, 9.17) is 0 Å². The summed E-state index contributed by atoms with van der Waals surface area (Å²) in [7, 11) is 0. The fourth-order valence-corrected chi connectivity index (χ4v) is 3.75. The molecule has 0 bridgehead atoms. The van der Waals surface area contributed by atoms with Gasteiger partial charge in [0.25, 0.3) is 0 Å². The molecule has 0 radical (unpaired) electrons. The second-order valence-electron chi connectivity index (χ2n) is 6.97. The molecular formula is C17H20F4N2O2. The number of carbonyl (C=O) groups is 1. The van der Waals surface area contributed by atoms with Gasteiger partial charge in [-0.1, -0.05) is 0 Å². The molecule has 0 saturated carbocycles. The van der Waals surface area contributed by atoms with Crippen molar-refractivity contribution in [3.8, 4) is 0 Å². The number of benzene rings is 1. The largest absolute Gasteiger partial charge is 0.416 e. The molecule has 1 spiro atoms. The highest BCUT2D eigenvalue weighted by Gasteiger charge is 2.45. The molecule has 1 amide bonds. The van der Waals surface area contributed by atoms with Gasteiger partial charge in [0.15, 0.2) is 0 Å². The molecule has 8 heteroatoms. The van der Waals surface area contributed by atoms with Crippen LogP contribution in [0.2, 0.25) is 0 Å². The molecule has 4 nitrogen and oxygen atoms in total. The third-order valence-corrected chi connectivity index (χ3v) is 5.11. The average molecular weight is 360 g/mol. The molecule has 25 heavy (non-hydrogen) atoms. The zero-order valence-electron chi connectivity index (χ0n) is 13.6. The molecule has 1 unspecified atom stereocenters. The molecule has 1 aromatic carbocycles. The molecule has 2 aliphatic heterocycles. The van der Waals surface area contributed by atoms with Gasteiger partial charge in [0.05, 0.1) is 17.1 Å². The number of amides is 1. The van der Waals surface area contributed by atoms with Gasteiger partial charge in [0, 0.05) is 13.1 Å². The van der Waals surface area contributed by atoms with Crippen LogP contribution in [0.1, 0.15) is 30.4 Å². The lowest BCUT2D eigenvalue weighted by atomic mass is 9.71. The number of rotatable bonds is 2. The Kier molecular flexibility index (Phi) is 4.76. The quantitative estimate of drug-likeness (QED) is 0.796. The summed E-state index contributed by atoms with van der Waals surface area (Å²) in [6.45, 7) is 1.48. The smallest absolute Gasteiger partial charge is 0.391 e. The van der Waals surface area contributed by atoms with Crippen LogP contribution in [0.15, 0.2) is 18.2 Å². The maximum Gasteiger partial charge on any atom is 0.416 e. The summed E-state index contributed by atoms with van der Waals surface area (Å²) < 4.78 is 51.9. The minimum atomic E-state index is -4.58. The van der Waals surface area contributed by atoms with Crippen molar-refractivity contribution in [2.75, 3.05) is 19.6 Å². The lowest BCUT2D eigenvalue weighted by Gasteiger charge is -2.44. The number of β-amino-alcohol motifs (C(OH)–C–C–N with tert-alkyl or cyclic N) is 1. The van der Waals surface area contributed by atoms with Crippen molar-refractivity contribution in [3.05, 3.63) is 35.1 Å². The summed E-state index contributed by atoms with van der Waals surface area (Å²) in [4.78, 5) is 14.1. The van der Waals surface area contributed by atoms with Crippen molar-refractivity contribution < 1.29 is 27.5 Å². The Labute approximate surface area is 142 Å². The van der Waals surface area contributed by atoms with E-state index < -0.39 is 29.1 Å². The fourth-order valence-electron chi connectivity index (χ4n) is 3.75. The Balaban J connectivity index is 1.67. The van der Waals surface area contributed by atoms with Gasteiger partial charge < -0.3 is 10.4 Å². The predicted molar refractivity (Wildman–Crippen MR) is 82.0 cm³/mol. The van der Waals surface area contributed by atoms with Crippen LogP contribution in [-0.2, 0) is 17.5 Å². The average Bonchev–Trinajstić information content (AvgIpc) is 2.52. The van der Waals surface area contributed by atoms with Crippen LogP contribution in [0.5, 0.6) is 0 Å². The standard InChI is InChI=1S/C17H20F4N2O2/c18-13-6-11(5-12(7-13)17(19,20)21)10-23-3-1-16(2-4-23)8-14(24)9-22-15(16)25/h5-7,14,24H,1-4,8-10H2,(H,22,25). The first-order valence-corrected chi connectivity index (χ1v) is 8.23. The molecule has 0 aliphatic carbocycles. The summed E-state index contributed by atoms with van der Waals surface area (Å²) in [6.07, 6.45) is -3.69. The molecule has 138 valence electrons. The van der Waals surface area contributed by atoms with E-state index >= 15 is 0 Å². The lowest BCUT2D eigenvalue weighted by molar-refractivity contribution is -0.141. The van der Waals surface area contributed by atoms with Gasteiger partial charge in [0.1, 0.15) is 5.82 Å². The highest BCUT2D eigenvalue weighted by atomic mass is 19.4.